The van der Waals surface area contributed by atoms with E-state index in [0.29, 0.717) is 6.42 Å². The Kier molecular flexibility index (Phi) is 6.32. The number of ketones is 1. The summed E-state index contributed by atoms with van der Waals surface area (Å²) in [6.45, 7) is 2.99. The van der Waals surface area contributed by atoms with E-state index in [1.165, 1.54) is 13.0 Å². The van der Waals surface area contributed by atoms with Crippen LogP contribution in [0.1, 0.15) is 43.5 Å². The van der Waals surface area contributed by atoms with Crippen LogP contribution in [-0.4, -0.2) is 22.9 Å². The number of benzene rings is 1. The fraction of sp³-hybridized carbons (Fsp3) is 0.429. The zero-order valence-corrected chi connectivity index (χ0v) is 11.9. The summed E-state index contributed by atoms with van der Waals surface area (Å²) in [6, 6.07) is 6.39. The maximum atomic E-state index is 12.1. The number of Topliss-reactive ketones (excluding diaryl/α,β-unsaturated/α-hetero) is 1. The van der Waals surface area contributed by atoms with Crippen molar-refractivity contribution in [1.29, 1.82) is 0 Å². The van der Waals surface area contributed by atoms with Gasteiger partial charge in [-0.25, -0.2) is 0 Å². The van der Waals surface area contributed by atoms with Crippen molar-refractivity contribution in [2.45, 2.75) is 39.2 Å². The van der Waals surface area contributed by atoms with Gasteiger partial charge in [-0.05, 0) is 25.0 Å². The molecule has 0 radical (unpaired) electrons. The number of para-hydroxylation sites is 1. The maximum Gasteiger partial charge on any atom is 0.308 e. The van der Waals surface area contributed by atoms with E-state index in [9.17, 15) is 19.7 Å². The summed E-state index contributed by atoms with van der Waals surface area (Å²) < 4.78 is 4.96. The lowest BCUT2D eigenvalue weighted by Gasteiger charge is -2.12. The molecule has 0 spiro atoms. The third-order valence-corrected chi connectivity index (χ3v) is 2.83. The molecule has 1 aromatic rings. The maximum absolute atomic E-state index is 12.1. The Labute approximate surface area is 122 Å². The van der Waals surface area contributed by atoms with Gasteiger partial charge < -0.3 is 9.57 Å². The Hall–Kier alpha value is -2.44. The molecule has 1 aromatic carbocycles. The minimum atomic E-state index is -0.856. The molecule has 0 amide bonds. The molecule has 0 bridgehead atoms. The van der Waals surface area contributed by atoms with Gasteiger partial charge in [0.25, 0.3) is 5.09 Å². The van der Waals surface area contributed by atoms with Crippen molar-refractivity contribution in [3.8, 4) is 5.75 Å². The van der Waals surface area contributed by atoms with E-state index in [0.717, 1.165) is 0 Å². The average molecular weight is 295 g/mol. The molecular formula is C14H17NO6. The quantitative estimate of drug-likeness (QED) is 0.240. The second-order valence-corrected chi connectivity index (χ2v) is 4.41. The van der Waals surface area contributed by atoms with Crippen LogP contribution in [0.5, 0.6) is 5.75 Å². The second-order valence-electron chi connectivity index (χ2n) is 4.41. The molecule has 0 saturated carbocycles. The molecule has 0 aromatic heterocycles. The molecule has 21 heavy (non-hydrogen) atoms. The van der Waals surface area contributed by atoms with Gasteiger partial charge in [-0.1, -0.05) is 19.1 Å². The zero-order valence-electron chi connectivity index (χ0n) is 11.9. The smallest absolute Gasteiger partial charge is 0.308 e. The zero-order chi connectivity index (χ0) is 15.8. The number of rotatable bonds is 8. The van der Waals surface area contributed by atoms with Crippen LogP contribution in [0.15, 0.2) is 24.3 Å². The molecule has 0 fully saturated rings. The second kappa shape index (κ2) is 7.98. The van der Waals surface area contributed by atoms with Crippen molar-refractivity contribution >= 4 is 11.8 Å². The van der Waals surface area contributed by atoms with Crippen molar-refractivity contribution in [1.82, 2.24) is 0 Å². The van der Waals surface area contributed by atoms with Gasteiger partial charge in [-0.15, -0.1) is 10.1 Å². The van der Waals surface area contributed by atoms with Gasteiger partial charge in [0.15, 0.2) is 5.78 Å². The van der Waals surface area contributed by atoms with Crippen molar-refractivity contribution < 1.29 is 24.3 Å². The van der Waals surface area contributed by atoms with E-state index in [1.54, 1.807) is 25.1 Å². The molecule has 0 aliphatic rings. The first-order valence-corrected chi connectivity index (χ1v) is 6.55. The molecule has 1 rings (SSSR count). The highest BCUT2D eigenvalue weighted by Gasteiger charge is 2.17. The van der Waals surface area contributed by atoms with Gasteiger partial charge in [-0.3, -0.25) is 9.59 Å². The summed E-state index contributed by atoms with van der Waals surface area (Å²) in [7, 11) is 0. The van der Waals surface area contributed by atoms with Crippen LogP contribution in [0, 0.1) is 10.1 Å². The molecule has 0 saturated heterocycles. The first-order chi connectivity index (χ1) is 9.93. The lowest BCUT2D eigenvalue weighted by molar-refractivity contribution is -0.768. The van der Waals surface area contributed by atoms with Crippen LogP contribution >= 0.6 is 0 Å². The fourth-order valence-corrected chi connectivity index (χ4v) is 1.82. The highest BCUT2D eigenvalue weighted by Crippen LogP contribution is 2.21. The highest BCUT2D eigenvalue weighted by molar-refractivity contribution is 5.99. The van der Waals surface area contributed by atoms with Crippen LogP contribution in [0.2, 0.25) is 0 Å². The summed E-state index contributed by atoms with van der Waals surface area (Å²) in [5, 5.41) is 9.44. The molecule has 0 heterocycles. The predicted molar refractivity (Wildman–Crippen MR) is 73.5 cm³/mol. The average Bonchev–Trinajstić information content (AvgIpc) is 2.42. The summed E-state index contributed by atoms with van der Waals surface area (Å²) in [6.07, 6.45) is 0.111. The van der Waals surface area contributed by atoms with Crippen molar-refractivity contribution in [2.24, 2.45) is 0 Å². The number of hydrogen-bond acceptors (Lipinski definition) is 6. The van der Waals surface area contributed by atoms with E-state index in [-0.39, 0.29) is 29.9 Å². The number of nitrogens with zero attached hydrogens (tertiary/aromatic N) is 1. The Bertz CT molecular complexity index is 528. The number of esters is 1. The molecular weight excluding hydrogens is 278 g/mol. The van der Waals surface area contributed by atoms with Crippen molar-refractivity contribution in [2.75, 3.05) is 0 Å². The van der Waals surface area contributed by atoms with Gasteiger partial charge in [0, 0.05) is 13.3 Å². The first-order valence-electron chi connectivity index (χ1n) is 6.55. The number of ether oxygens (including phenoxy) is 1. The molecule has 1 atom stereocenters. The topological polar surface area (TPSA) is 95.7 Å². The molecule has 114 valence electrons. The van der Waals surface area contributed by atoms with Crippen LogP contribution in [-0.2, 0) is 9.63 Å². The first kappa shape index (κ1) is 16.6. The number of carbonyl (C=O) groups is 2. The van der Waals surface area contributed by atoms with Crippen molar-refractivity contribution in [3.05, 3.63) is 39.9 Å². The van der Waals surface area contributed by atoms with Crippen LogP contribution in [0.25, 0.3) is 0 Å². The van der Waals surface area contributed by atoms with Crippen LogP contribution < -0.4 is 4.74 Å². The van der Waals surface area contributed by atoms with Gasteiger partial charge in [0.2, 0.25) is 0 Å². The molecule has 1 unspecified atom stereocenters. The van der Waals surface area contributed by atoms with Gasteiger partial charge >= 0.3 is 5.97 Å². The van der Waals surface area contributed by atoms with Gasteiger partial charge in [-0.2, -0.15) is 0 Å². The summed E-state index contributed by atoms with van der Waals surface area (Å²) in [5.74, 6) is -0.575. The molecule has 0 aliphatic heterocycles. The minimum absolute atomic E-state index is 0.0740. The Balaban J connectivity index is 2.71. The normalized spacial score (nSPS) is 11.5. The molecule has 0 aliphatic carbocycles. The number of carbonyl (C=O) groups excluding carboxylic acids is 2. The molecule has 7 nitrogen and oxygen atoms in total. The number of hydrogen-bond donors (Lipinski definition) is 0. The lowest BCUT2D eigenvalue weighted by atomic mass is 10.0. The molecule has 0 N–H and O–H groups in total. The van der Waals surface area contributed by atoms with E-state index in [4.69, 9.17) is 4.74 Å². The molecule has 7 heteroatoms. The third-order valence-electron chi connectivity index (χ3n) is 2.83. The van der Waals surface area contributed by atoms with Crippen LogP contribution in [0.3, 0.4) is 0 Å². The van der Waals surface area contributed by atoms with E-state index in [2.05, 4.69) is 4.84 Å². The van der Waals surface area contributed by atoms with Crippen LogP contribution in [0.4, 0.5) is 0 Å². The highest BCUT2D eigenvalue weighted by atomic mass is 17.0. The Morgan fingerprint density at radius 3 is 2.57 bits per heavy atom. The van der Waals surface area contributed by atoms with Crippen molar-refractivity contribution in [3.63, 3.8) is 0 Å². The largest absolute Gasteiger partial charge is 0.426 e. The summed E-state index contributed by atoms with van der Waals surface area (Å²) in [4.78, 5) is 37.9. The van der Waals surface area contributed by atoms with Gasteiger partial charge in [0.05, 0.1) is 5.56 Å². The van der Waals surface area contributed by atoms with E-state index >= 15 is 0 Å². The summed E-state index contributed by atoms with van der Waals surface area (Å²) in [5.41, 5.74) is 0.281. The monoisotopic (exact) mass is 295 g/mol. The van der Waals surface area contributed by atoms with E-state index in [1.807, 2.05) is 0 Å². The van der Waals surface area contributed by atoms with Gasteiger partial charge in [0.1, 0.15) is 11.9 Å². The minimum Gasteiger partial charge on any atom is -0.426 e. The SMILES string of the molecule is CCC(CCC(=O)c1ccccc1OC(C)=O)O[N+](=O)[O-]. The Morgan fingerprint density at radius 1 is 1.33 bits per heavy atom. The summed E-state index contributed by atoms with van der Waals surface area (Å²) >= 11 is 0. The van der Waals surface area contributed by atoms with E-state index < -0.39 is 17.2 Å². The Morgan fingerprint density at radius 2 is 2.00 bits per heavy atom. The predicted octanol–water partition coefficient (Wildman–Crippen LogP) is 2.56. The standard InChI is InChI=1S/C14H17NO6/c1-3-11(21-15(18)19)8-9-13(17)12-6-4-5-7-14(12)20-10(2)16/h4-7,11H,3,8-9H2,1-2H3. The third kappa shape index (κ3) is 5.60. The lowest BCUT2D eigenvalue weighted by Crippen LogP contribution is -2.18. The fourth-order valence-electron chi connectivity index (χ4n) is 1.82.